The van der Waals surface area contributed by atoms with Gasteiger partial charge in [0.15, 0.2) is 5.72 Å². The van der Waals surface area contributed by atoms with E-state index in [4.69, 9.17) is 15.6 Å². The Bertz CT molecular complexity index is 232. The van der Waals surface area contributed by atoms with E-state index in [9.17, 15) is 0 Å². The molecule has 0 amide bonds. The summed E-state index contributed by atoms with van der Waals surface area (Å²) in [5.41, 5.74) is 5.45. The van der Waals surface area contributed by atoms with Gasteiger partial charge in [-0.25, -0.2) is 0 Å². The van der Waals surface area contributed by atoms with Crippen LogP contribution >= 0.6 is 0 Å². The summed E-state index contributed by atoms with van der Waals surface area (Å²) < 4.78 is 5.00. The minimum Gasteiger partial charge on any atom is -0.392 e. The van der Waals surface area contributed by atoms with Crippen molar-refractivity contribution in [3.63, 3.8) is 0 Å². The van der Waals surface area contributed by atoms with Crippen LogP contribution in [0, 0.1) is 0 Å². The molecule has 1 rings (SSSR count). The van der Waals surface area contributed by atoms with Crippen molar-refractivity contribution in [3.8, 4) is 0 Å². The minimum absolute atomic E-state index is 0.229. The summed E-state index contributed by atoms with van der Waals surface area (Å²) in [4.78, 5) is 0. The van der Waals surface area contributed by atoms with Gasteiger partial charge >= 0.3 is 0 Å². The number of hydrogen-bond donors (Lipinski definition) is 2. The number of rotatable bonds is 3. The Morgan fingerprint density at radius 1 is 1.42 bits per heavy atom. The average molecular weight is 167 g/mol. The Morgan fingerprint density at radius 2 is 2.00 bits per heavy atom. The summed E-state index contributed by atoms with van der Waals surface area (Å²) in [5, 5.41) is 8.99. The molecule has 0 bridgehead atoms. The summed E-state index contributed by atoms with van der Waals surface area (Å²) in [6.45, 7) is -0.229. The van der Waals surface area contributed by atoms with Crippen molar-refractivity contribution in [3.05, 3.63) is 35.9 Å². The second-order valence-electron chi connectivity index (χ2n) is 2.62. The Hall–Kier alpha value is -0.900. The second-order valence-corrected chi connectivity index (χ2v) is 2.62. The molecule has 3 heteroatoms. The first-order valence-electron chi connectivity index (χ1n) is 3.73. The molecule has 0 fully saturated rings. The van der Waals surface area contributed by atoms with Gasteiger partial charge in [0.25, 0.3) is 0 Å². The van der Waals surface area contributed by atoms with Crippen LogP contribution in [-0.2, 0) is 10.5 Å². The van der Waals surface area contributed by atoms with E-state index in [1.165, 1.54) is 7.11 Å². The third-order valence-corrected chi connectivity index (χ3v) is 1.86. The van der Waals surface area contributed by atoms with E-state index in [0.717, 1.165) is 5.56 Å². The standard InChI is InChI=1S/C9H13NO2/c1-12-9(10,7-11)8-5-3-2-4-6-8/h2-6,11H,7,10H2,1H3/t9-/m0/s1. The van der Waals surface area contributed by atoms with Gasteiger partial charge in [-0.1, -0.05) is 30.3 Å². The normalized spacial score (nSPS) is 15.6. The molecule has 0 radical (unpaired) electrons. The van der Waals surface area contributed by atoms with E-state index < -0.39 is 5.72 Å². The molecule has 0 aliphatic rings. The second kappa shape index (κ2) is 3.67. The molecule has 0 saturated heterocycles. The van der Waals surface area contributed by atoms with Gasteiger partial charge in [0.05, 0.1) is 6.61 Å². The van der Waals surface area contributed by atoms with Crippen molar-refractivity contribution in [1.82, 2.24) is 0 Å². The number of benzene rings is 1. The third kappa shape index (κ3) is 1.64. The lowest BCUT2D eigenvalue weighted by molar-refractivity contribution is -0.0524. The van der Waals surface area contributed by atoms with Gasteiger partial charge < -0.3 is 9.84 Å². The molecular weight excluding hydrogens is 154 g/mol. The lowest BCUT2D eigenvalue weighted by atomic mass is 10.1. The molecule has 3 N–H and O–H groups in total. The summed E-state index contributed by atoms with van der Waals surface area (Å²) in [5.74, 6) is 0. The van der Waals surface area contributed by atoms with Crippen molar-refractivity contribution in [2.45, 2.75) is 5.72 Å². The van der Waals surface area contributed by atoms with E-state index in [1.807, 2.05) is 30.3 Å². The van der Waals surface area contributed by atoms with Crippen LogP contribution in [0.1, 0.15) is 5.56 Å². The Balaban J connectivity index is 2.95. The average Bonchev–Trinajstić information content (AvgIpc) is 2.18. The summed E-state index contributed by atoms with van der Waals surface area (Å²) in [6, 6.07) is 9.23. The monoisotopic (exact) mass is 167 g/mol. The highest BCUT2D eigenvalue weighted by Crippen LogP contribution is 2.17. The van der Waals surface area contributed by atoms with E-state index >= 15 is 0 Å². The number of methoxy groups -OCH3 is 1. The van der Waals surface area contributed by atoms with E-state index in [1.54, 1.807) is 0 Å². The molecule has 3 nitrogen and oxygen atoms in total. The zero-order chi connectivity index (χ0) is 9.03. The third-order valence-electron chi connectivity index (χ3n) is 1.86. The molecule has 1 atom stereocenters. The molecule has 0 aromatic heterocycles. The molecule has 0 saturated carbocycles. The maximum Gasteiger partial charge on any atom is 0.165 e. The Morgan fingerprint density at radius 3 is 2.42 bits per heavy atom. The number of ether oxygens (including phenoxy) is 1. The lowest BCUT2D eigenvalue weighted by Gasteiger charge is -2.25. The summed E-state index contributed by atoms with van der Waals surface area (Å²) >= 11 is 0. The molecule has 1 aromatic rings. The van der Waals surface area contributed by atoms with Crippen LogP contribution in [0.5, 0.6) is 0 Å². The van der Waals surface area contributed by atoms with Crippen molar-refractivity contribution >= 4 is 0 Å². The molecule has 0 unspecified atom stereocenters. The smallest absolute Gasteiger partial charge is 0.165 e. The zero-order valence-corrected chi connectivity index (χ0v) is 7.03. The highest BCUT2D eigenvalue weighted by molar-refractivity contribution is 5.21. The molecular formula is C9H13NO2. The number of hydrogen-bond acceptors (Lipinski definition) is 3. The highest BCUT2D eigenvalue weighted by atomic mass is 16.5. The minimum atomic E-state index is -1.07. The van der Waals surface area contributed by atoms with Crippen LogP contribution < -0.4 is 5.73 Å². The summed E-state index contributed by atoms with van der Waals surface area (Å²) in [7, 11) is 1.48. The van der Waals surface area contributed by atoms with Crippen molar-refractivity contribution in [2.75, 3.05) is 13.7 Å². The van der Waals surface area contributed by atoms with Crippen molar-refractivity contribution in [2.24, 2.45) is 5.73 Å². The maximum absolute atomic E-state index is 8.99. The zero-order valence-electron chi connectivity index (χ0n) is 7.03. The first-order chi connectivity index (χ1) is 5.73. The lowest BCUT2D eigenvalue weighted by Crippen LogP contribution is -2.42. The van der Waals surface area contributed by atoms with E-state index in [2.05, 4.69) is 0 Å². The van der Waals surface area contributed by atoms with Gasteiger partial charge in [-0.3, -0.25) is 5.73 Å². The highest BCUT2D eigenvalue weighted by Gasteiger charge is 2.24. The van der Waals surface area contributed by atoms with Gasteiger partial charge in [0.1, 0.15) is 0 Å². The largest absolute Gasteiger partial charge is 0.392 e. The Kier molecular flexibility index (Phi) is 2.81. The van der Waals surface area contributed by atoms with E-state index in [0.29, 0.717) is 0 Å². The summed E-state index contributed by atoms with van der Waals surface area (Å²) in [6.07, 6.45) is 0. The topological polar surface area (TPSA) is 55.5 Å². The quantitative estimate of drug-likeness (QED) is 0.642. The fraction of sp³-hybridized carbons (Fsp3) is 0.333. The van der Waals surface area contributed by atoms with E-state index in [-0.39, 0.29) is 6.61 Å². The number of aliphatic hydroxyl groups excluding tert-OH is 1. The molecule has 0 heterocycles. The van der Waals surface area contributed by atoms with Gasteiger partial charge in [-0.05, 0) is 0 Å². The van der Waals surface area contributed by atoms with Gasteiger partial charge in [-0.15, -0.1) is 0 Å². The van der Waals surface area contributed by atoms with Gasteiger partial charge in [0, 0.05) is 12.7 Å². The van der Waals surface area contributed by atoms with Crippen LogP contribution in [0.25, 0.3) is 0 Å². The molecule has 0 aliphatic heterocycles. The van der Waals surface area contributed by atoms with Crippen LogP contribution in [0.2, 0.25) is 0 Å². The molecule has 12 heavy (non-hydrogen) atoms. The first kappa shape index (κ1) is 9.19. The van der Waals surface area contributed by atoms with Crippen LogP contribution in [0.4, 0.5) is 0 Å². The van der Waals surface area contributed by atoms with Crippen molar-refractivity contribution < 1.29 is 9.84 Å². The molecule has 66 valence electrons. The maximum atomic E-state index is 8.99. The number of aliphatic hydroxyl groups is 1. The SMILES string of the molecule is CO[C@@](N)(CO)c1ccccc1. The van der Waals surface area contributed by atoms with Crippen LogP contribution in [0.3, 0.4) is 0 Å². The number of nitrogens with two attached hydrogens (primary N) is 1. The Labute approximate surface area is 71.8 Å². The molecule has 1 aromatic carbocycles. The fourth-order valence-corrected chi connectivity index (χ4v) is 0.994. The van der Waals surface area contributed by atoms with Gasteiger partial charge in [-0.2, -0.15) is 0 Å². The van der Waals surface area contributed by atoms with Crippen LogP contribution in [-0.4, -0.2) is 18.8 Å². The molecule has 0 spiro atoms. The van der Waals surface area contributed by atoms with Gasteiger partial charge in [0.2, 0.25) is 0 Å². The first-order valence-corrected chi connectivity index (χ1v) is 3.73. The predicted molar refractivity (Wildman–Crippen MR) is 46.4 cm³/mol. The molecule has 0 aliphatic carbocycles. The van der Waals surface area contributed by atoms with Crippen molar-refractivity contribution in [1.29, 1.82) is 0 Å². The van der Waals surface area contributed by atoms with Crippen LogP contribution in [0.15, 0.2) is 30.3 Å². The predicted octanol–water partition coefficient (Wildman–Crippen LogP) is 0.437. The fourth-order valence-electron chi connectivity index (χ4n) is 0.994.